The fourth-order valence-corrected chi connectivity index (χ4v) is 2.38. The first kappa shape index (κ1) is 18.8. The molecule has 0 saturated carbocycles. The number of amides is 3. The smallest absolute Gasteiger partial charge is 0.312 e. The second-order valence-corrected chi connectivity index (χ2v) is 5.64. The third-order valence-electron chi connectivity index (χ3n) is 3.61. The van der Waals surface area contributed by atoms with Crippen LogP contribution in [0.2, 0.25) is 0 Å². The lowest BCUT2D eigenvalue weighted by molar-refractivity contribution is -0.121. The molecule has 6 heteroatoms. The normalized spacial score (nSPS) is 11.6. The van der Waals surface area contributed by atoms with E-state index >= 15 is 0 Å². The number of ether oxygens (including phenoxy) is 1. The molecule has 3 amide bonds. The van der Waals surface area contributed by atoms with E-state index in [0.29, 0.717) is 13.0 Å². The molecule has 1 aromatic rings. The second-order valence-electron chi connectivity index (χ2n) is 5.64. The zero-order chi connectivity index (χ0) is 17.2. The number of primary amides is 1. The van der Waals surface area contributed by atoms with E-state index in [4.69, 9.17) is 10.5 Å². The summed E-state index contributed by atoms with van der Waals surface area (Å²) in [5.74, 6) is 0.796. The molecule has 0 aliphatic heterocycles. The van der Waals surface area contributed by atoms with Gasteiger partial charge in [-0.15, -0.1) is 0 Å². The van der Waals surface area contributed by atoms with Crippen LogP contribution in [-0.2, 0) is 4.79 Å². The Hall–Kier alpha value is -2.24. The Morgan fingerprint density at radius 1 is 1.26 bits per heavy atom. The fourth-order valence-electron chi connectivity index (χ4n) is 2.38. The van der Waals surface area contributed by atoms with E-state index in [-0.39, 0.29) is 11.9 Å². The third kappa shape index (κ3) is 7.04. The second kappa shape index (κ2) is 9.71. The molecule has 23 heavy (non-hydrogen) atoms. The van der Waals surface area contributed by atoms with Crippen LogP contribution in [0, 0.1) is 6.92 Å². The highest BCUT2D eigenvalue weighted by Crippen LogP contribution is 2.26. The summed E-state index contributed by atoms with van der Waals surface area (Å²) in [6, 6.07) is 5.31. The number of urea groups is 1. The predicted molar refractivity (Wildman–Crippen MR) is 90.3 cm³/mol. The van der Waals surface area contributed by atoms with Gasteiger partial charge in [0.2, 0.25) is 5.91 Å². The van der Waals surface area contributed by atoms with Gasteiger partial charge in [0.1, 0.15) is 5.75 Å². The standard InChI is InChI=1S/C17H27N3O3/c1-12-8-9-15(23-3)14(11-12)13(2)20-16(21)7-5-4-6-10-19-17(18)22/h8-9,11,13H,4-7,10H2,1-3H3,(H,20,21)(H3,18,19,22)/t13-/m1/s1. The zero-order valence-corrected chi connectivity index (χ0v) is 14.1. The maximum absolute atomic E-state index is 12.0. The van der Waals surface area contributed by atoms with Crippen LogP contribution in [0.3, 0.4) is 0 Å². The molecule has 128 valence electrons. The van der Waals surface area contributed by atoms with Crippen LogP contribution < -0.4 is 21.1 Å². The van der Waals surface area contributed by atoms with E-state index in [1.54, 1.807) is 7.11 Å². The summed E-state index contributed by atoms with van der Waals surface area (Å²) in [6.07, 6.45) is 2.94. The molecule has 1 atom stereocenters. The molecular formula is C17H27N3O3. The van der Waals surface area contributed by atoms with Gasteiger partial charge in [0.15, 0.2) is 0 Å². The molecule has 0 radical (unpaired) electrons. The number of methoxy groups -OCH3 is 1. The Morgan fingerprint density at radius 2 is 2.00 bits per heavy atom. The van der Waals surface area contributed by atoms with Crippen molar-refractivity contribution in [2.45, 2.75) is 45.6 Å². The molecule has 0 unspecified atom stereocenters. The number of hydrogen-bond acceptors (Lipinski definition) is 3. The molecule has 1 aromatic carbocycles. The minimum absolute atomic E-state index is 0.0175. The van der Waals surface area contributed by atoms with Gasteiger partial charge in [0.05, 0.1) is 13.2 Å². The largest absolute Gasteiger partial charge is 0.496 e. The maximum Gasteiger partial charge on any atom is 0.312 e. The van der Waals surface area contributed by atoms with Crippen molar-refractivity contribution in [1.82, 2.24) is 10.6 Å². The summed E-state index contributed by atoms with van der Waals surface area (Å²) in [7, 11) is 1.63. The van der Waals surface area contributed by atoms with Gasteiger partial charge in [-0.2, -0.15) is 0 Å². The summed E-state index contributed by atoms with van der Waals surface area (Å²) in [5.41, 5.74) is 7.08. The Kier molecular flexibility index (Phi) is 7.94. The first-order chi connectivity index (χ1) is 10.9. The van der Waals surface area contributed by atoms with E-state index in [1.165, 1.54) is 0 Å². The average molecular weight is 321 g/mol. The van der Waals surface area contributed by atoms with Crippen LogP contribution in [0.5, 0.6) is 5.75 Å². The Balaban J connectivity index is 2.36. The number of aryl methyl sites for hydroxylation is 1. The summed E-state index contributed by atoms with van der Waals surface area (Å²) >= 11 is 0. The summed E-state index contributed by atoms with van der Waals surface area (Å²) in [5, 5.41) is 5.53. The van der Waals surface area contributed by atoms with E-state index in [1.807, 2.05) is 32.0 Å². The number of hydrogen-bond donors (Lipinski definition) is 3. The lowest BCUT2D eigenvalue weighted by atomic mass is 10.0. The quantitative estimate of drug-likeness (QED) is 0.610. The molecule has 4 N–H and O–H groups in total. The van der Waals surface area contributed by atoms with Gasteiger partial charge < -0.3 is 21.1 Å². The molecule has 0 spiro atoms. The number of carbonyl (C=O) groups excluding carboxylic acids is 2. The van der Waals surface area contributed by atoms with E-state index < -0.39 is 6.03 Å². The van der Waals surface area contributed by atoms with Crippen molar-refractivity contribution in [1.29, 1.82) is 0 Å². The van der Waals surface area contributed by atoms with Crippen molar-refractivity contribution >= 4 is 11.9 Å². The van der Waals surface area contributed by atoms with Gasteiger partial charge in [-0.3, -0.25) is 4.79 Å². The maximum atomic E-state index is 12.0. The first-order valence-electron chi connectivity index (χ1n) is 7.91. The summed E-state index contributed by atoms with van der Waals surface area (Å²) in [4.78, 5) is 22.5. The van der Waals surface area contributed by atoms with Crippen molar-refractivity contribution in [3.8, 4) is 5.75 Å². The van der Waals surface area contributed by atoms with Crippen LogP contribution in [0.15, 0.2) is 18.2 Å². The lowest BCUT2D eigenvalue weighted by Gasteiger charge is -2.18. The Morgan fingerprint density at radius 3 is 2.65 bits per heavy atom. The molecule has 6 nitrogen and oxygen atoms in total. The highest BCUT2D eigenvalue weighted by Gasteiger charge is 2.14. The number of nitrogens with two attached hydrogens (primary N) is 1. The zero-order valence-electron chi connectivity index (χ0n) is 14.1. The molecule has 1 rings (SSSR count). The van der Waals surface area contributed by atoms with E-state index in [2.05, 4.69) is 10.6 Å². The average Bonchev–Trinajstić information content (AvgIpc) is 2.50. The fraction of sp³-hybridized carbons (Fsp3) is 0.529. The highest BCUT2D eigenvalue weighted by molar-refractivity contribution is 5.76. The van der Waals surface area contributed by atoms with Gasteiger partial charge in [-0.25, -0.2) is 4.79 Å². The SMILES string of the molecule is COc1ccc(C)cc1[C@@H](C)NC(=O)CCCCCNC(N)=O. The lowest BCUT2D eigenvalue weighted by Crippen LogP contribution is -2.30. The number of benzene rings is 1. The van der Waals surface area contributed by atoms with Crippen LogP contribution in [0.25, 0.3) is 0 Å². The van der Waals surface area contributed by atoms with Gasteiger partial charge >= 0.3 is 6.03 Å². The van der Waals surface area contributed by atoms with Gasteiger partial charge in [-0.05, 0) is 32.8 Å². The van der Waals surface area contributed by atoms with Crippen LogP contribution in [-0.4, -0.2) is 25.6 Å². The first-order valence-corrected chi connectivity index (χ1v) is 7.91. The summed E-state index contributed by atoms with van der Waals surface area (Å²) in [6.45, 7) is 4.51. The van der Waals surface area contributed by atoms with Gasteiger partial charge in [0, 0.05) is 18.5 Å². The molecule has 0 heterocycles. The minimum Gasteiger partial charge on any atom is -0.496 e. The topological polar surface area (TPSA) is 93.4 Å². The van der Waals surface area contributed by atoms with Crippen molar-refractivity contribution in [2.24, 2.45) is 5.73 Å². The Bertz CT molecular complexity index is 532. The van der Waals surface area contributed by atoms with E-state index in [9.17, 15) is 9.59 Å². The molecule has 0 aliphatic rings. The predicted octanol–water partition coefficient (Wildman–Crippen LogP) is 2.41. The highest BCUT2D eigenvalue weighted by atomic mass is 16.5. The molecular weight excluding hydrogens is 294 g/mol. The van der Waals surface area contributed by atoms with Crippen LogP contribution >= 0.6 is 0 Å². The van der Waals surface area contributed by atoms with Gasteiger partial charge in [-0.1, -0.05) is 24.1 Å². The van der Waals surface area contributed by atoms with Crippen molar-refractivity contribution in [2.75, 3.05) is 13.7 Å². The third-order valence-corrected chi connectivity index (χ3v) is 3.61. The molecule has 0 aliphatic carbocycles. The number of nitrogens with one attached hydrogen (secondary N) is 2. The van der Waals surface area contributed by atoms with Crippen molar-refractivity contribution < 1.29 is 14.3 Å². The van der Waals surface area contributed by atoms with Crippen molar-refractivity contribution in [3.63, 3.8) is 0 Å². The number of unbranched alkanes of at least 4 members (excludes halogenated alkanes) is 2. The summed E-state index contributed by atoms with van der Waals surface area (Å²) < 4.78 is 5.35. The van der Waals surface area contributed by atoms with Crippen molar-refractivity contribution in [3.05, 3.63) is 29.3 Å². The minimum atomic E-state index is -0.510. The van der Waals surface area contributed by atoms with Crippen LogP contribution in [0.4, 0.5) is 4.79 Å². The van der Waals surface area contributed by atoms with Crippen LogP contribution in [0.1, 0.15) is 49.8 Å². The van der Waals surface area contributed by atoms with E-state index in [0.717, 1.165) is 36.1 Å². The molecule has 0 bridgehead atoms. The Labute approximate surface area is 137 Å². The molecule has 0 saturated heterocycles. The molecule has 0 fully saturated rings. The monoisotopic (exact) mass is 321 g/mol. The van der Waals surface area contributed by atoms with Gasteiger partial charge in [0.25, 0.3) is 0 Å². The number of rotatable bonds is 9. The number of carbonyl (C=O) groups is 2. The molecule has 0 aromatic heterocycles.